The summed E-state index contributed by atoms with van der Waals surface area (Å²) in [7, 11) is 1.83. The molecule has 0 radical (unpaired) electrons. The van der Waals surface area contributed by atoms with Crippen molar-refractivity contribution < 1.29 is 9.18 Å². The molecule has 1 saturated heterocycles. The Labute approximate surface area is 106 Å². The minimum atomic E-state index is -0.197. The maximum atomic E-state index is 13.3. The molecule has 3 nitrogen and oxygen atoms in total. The summed E-state index contributed by atoms with van der Waals surface area (Å²) < 4.78 is 13.3. The fraction of sp³-hybridized carbons (Fsp3) is 0.500. The number of likely N-dealkylation sites (N-methyl/N-ethyl adjacent to an activating group) is 1. The highest BCUT2D eigenvalue weighted by molar-refractivity contribution is 5.83. The van der Waals surface area contributed by atoms with Crippen LogP contribution in [0.5, 0.6) is 0 Å². The van der Waals surface area contributed by atoms with Crippen LogP contribution in [0.3, 0.4) is 0 Å². The number of halogens is 1. The summed E-state index contributed by atoms with van der Waals surface area (Å²) in [5, 5.41) is 3.38. The molecule has 1 aliphatic carbocycles. The SMILES string of the molecule is CN1CC[C@@H](N[C@H]2CCc3ccc(F)cc32)C1=O. The van der Waals surface area contributed by atoms with Gasteiger partial charge < -0.3 is 4.90 Å². The van der Waals surface area contributed by atoms with Crippen LogP contribution < -0.4 is 5.32 Å². The molecule has 1 aromatic carbocycles. The fourth-order valence-electron chi connectivity index (χ4n) is 2.97. The van der Waals surface area contributed by atoms with Crippen LogP contribution in [0, 0.1) is 5.82 Å². The monoisotopic (exact) mass is 248 g/mol. The molecule has 4 heteroatoms. The smallest absolute Gasteiger partial charge is 0.239 e. The molecule has 0 unspecified atom stereocenters. The highest BCUT2D eigenvalue weighted by Crippen LogP contribution is 2.32. The molecule has 96 valence electrons. The number of hydrogen-bond donors (Lipinski definition) is 1. The van der Waals surface area contributed by atoms with E-state index >= 15 is 0 Å². The Balaban J connectivity index is 1.77. The number of aryl methyl sites for hydroxylation is 1. The van der Waals surface area contributed by atoms with Crippen LogP contribution >= 0.6 is 0 Å². The quantitative estimate of drug-likeness (QED) is 0.863. The lowest BCUT2D eigenvalue weighted by molar-refractivity contribution is -0.128. The Kier molecular flexibility index (Phi) is 2.82. The van der Waals surface area contributed by atoms with Crippen LogP contribution in [0.4, 0.5) is 4.39 Å². The summed E-state index contributed by atoms with van der Waals surface area (Å²) in [5.41, 5.74) is 2.23. The van der Waals surface area contributed by atoms with Crippen LogP contribution in [-0.2, 0) is 11.2 Å². The standard InChI is InChI=1S/C14H17FN2O/c1-17-7-6-13(14(17)18)16-12-5-3-9-2-4-10(15)8-11(9)12/h2,4,8,12-13,16H,3,5-7H2,1H3/t12-,13+/m0/s1. The third-order valence-electron chi connectivity index (χ3n) is 4.02. The molecule has 1 aliphatic heterocycles. The Bertz CT molecular complexity index is 489. The Hall–Kier alpha value is -1.42. The normalized spacial score (nSPS) is 26.8. The summed E-state index contributed by atoms with van der Waals surface area (Å²) in [6.07, 6.45) is 2.76. The van der Waals surface area contributed by atoms with E-state index in [0.29, 0.717) is 0 Å². The van der Waals surface area contributed by atoms with Gasteiger partial charge in [0, 0.05) is 19.6 Å². The van der Waals surface area contributed by atoms with Crippen molar-refractivity contribution in [3.8, 4) is 0 Å². The van der Waals surface area contributed by atoms with Gasteiger partial charge in [-0.2, -0.15) is 0 Å². The van der Waals surface area contributed by atoms with Crippen molar-refractivity contribution in [3.63, 3.8) is 0 Å². The van der Waals surface area contributed by atoms with Crippen molar-refractivity contribution >= 4 is 5.91 Å². The molecule has 2 aliphatic rings. The summed E-state index contributed by atoms with van der Waals surface area (Å²) in [6.45, 7) is 0.805. The third kappa shape index (κ3) is 1.90. The van der Waals surface area contributed by atoms with Crippen LogP contribution in [0.2, 0.25) is 0 Å². The number of amides is 1. The van der Waals surface area contributed by atoms with E-state index in [4.69, 9.17) is 0 Å². The lowest BCUT2D eigenvalue weighted by Crippen LogP contribution is -2.38. The van der Waals surface area contributed by atoms with Gasteiger partial charge in [0.2, 0.25) is 5.91 Å². The number of fused-ring (bicyclic) bond motifs is 1. The first-order valence-corrected chi connectivity index (χ1v) is 6.44. The number of carbonyl (C=O) groups excluding carboxylic acids is 1. The average molecular weight is 248 g/mol. The van der Waals surface area contributed by atoms with Crippen LogP contribution in [0.25, 0.3) is 0 Å². The van der Waals surface area contributed by atoms with Crippen LogP contribution in [0.1, 0.15) is 30.0 Å². The Morgan fingerprint density at radius 1 is 1.33 bits per heavy atom. The molecule has 3 rings (SSSR count). The zero-order valence-corrected chi connectivity index (χ0v) is 10.4. The molecule has 0 saturated carbocycles. The maximum absolute atomic E-state index is 13.3. The van der Waals surface area contributed by atoms with Gasteiger partial charge in [0.05, 0.1) is 6.04 Å². The maximum Gasteiger partial charge on any atom is 0.239 e. The van der Waals surface area contributed by atoms with Gasteiger partial charge in [-0.1, -0.05) is 6.07 Å². The summed E-state index contributed by atoms with van der Waals surface area (Å²) in [4.78, 5) is 13.6. The van der Waals surface area contributed by atoms with Crippen molar-refractivity contribution in [1.29, 1.82) is 0 Å². The lowest BCUT2D eigenvalue weighted by Gasteiger charge is -2.18. The molecule has 1 aromatic rings. The molecular formula is C14H17FN2O. The number of hydrogen-bond acceptors (Lipinski definition) is 2. The van der Waals surface area contributed by atoms with E-state index in [1.807, 2.05) is 13.1 Å². The van der Waals surface area contributed by atoms with Crippen molar-refractivity contribution in [2.45, 2.75) is 31.3 Å². The molecular weight excluding hydrogens is 231 g/mol. The minimum absolute atomic E-state index is 0.103. The van der Waals surface area contributed by atoms with Crippen molar-refractivity contribution in [1.82, 2.24) is 10.2 Å². The zero-order chi connectivity index (χ0) is 12.7. The van der Waals surface area contributed by atoms with E-state index in [0.717, 1.165) is 31.4 Å². The zero-order valence-electron chi connectivity index (χ0n) is 10.4. The van der Waals surface area contributed by atoms with Crippen molar-refractivity contribution in [2.75, 3.05) is 13.6 Å². The van der Waals surface area contributed by atoms with Gasteiger partial charge in [0.25, 0.3) is 0 Å². The van der Waals surface area contributed by atoms with Crippen molar-refractivity contribution in [2.24, 2.45) is 0 Å². The number of nitrogens with zero attached hydrogens (tertiary/aromatic N) is 1. The van der Waals surface area contributed by atoms with Gasteiger partial charge in [-0.25, -0.2) is 4.39 Å². The predicted octanol–water partition coefficient (Wildman–Crippen LogP) is 1.63. The van der Waals surface area contributed by atoms with Gasteiger partial charge in [-0.05, 0) is 42.5 Å². The second-order valence-corrected chi connectivity index (χ2v) is 5.20. The summed E-state index contributed by atoms with van der Waals surface area (Å²) in [5.74, 6) is -0.0443. The van der Waals surface area contributed by atoms with Gasteiger partial charge in [0.1, 0.15) is 5.82 Å². The van der Waals surface area contributed by atoms with Crippen LogP contribution in [-0.4, -0.2) is 30.4 Å². The topological polar surface area (TPSA) is 32.3 Å². The molecule has 1 heterocycles. The molecule has 0 bridgehead atoms. The van der Waals surface area contributed by atoms with E-state index in [-0.39, 0.29) is 23.8 Å². The van der Waals surface area contributed by atoms with Gasteiger partial charge in [0.15, 0.2) is 0 Å². The molecule has 0 spiro atoms. The van der Waals surface area contributed by atoms with E-state index in [9.17, 15) is 9.18 Å². The predicted molar refractivity (Wildman–Crippen MR) is 66.6 cm³/mol. The van der Waals surface area contributed by atoms with Gasteiger partial charge >= 0.3 is 0 Å². The van der Waals surface area contributed by atoms with Crippen LogP contribution in [0.15, 0.2) is 18.2 Å². The molecule has 1 amide bonds. The number of likely N-dealkylation sites (tertiary alicyclic amines) is 1. The second-order valence-electron chi connectivity index (χ2n) is 5.20. The number of rotatable bonds is 2. The number of carbonyl (C=O) groups is 1. The summed E-state index contributed by atoms with van der Waals surface area (Å²) >= 11 is 0. The molecule has 1 N–H and O–H groups in total. The van der Waals surface area contributed by atoms with E-state index < -0.39 is 0 Å². The third-order valence-corrected chi connectivity index (χ3v) is 4.02. The van der Waals surface area contributed by atoms with Gasteiger partial charge in [-0.15, -0.1) is 0 Å². The highest BCUT2D eigenvalue weighted by Gasteiger charge is 2.33. The lowest BCUT2D eigenvalue weighted by atomic mass is 10.1. The average Bonchev–Trinajstić information content (AvgIpc) is 2.88. The molecule has 0 aromatic heterocycles. The number of benzene rings is 1. The van der Waals surface area contributed by atoms with Gasteiger partial charge in [-0.3, -0.25) is 10.1 Å². The van der Waals surface area contributed by atoms with E-state index in [1.165, 1.54) is 11.6 Å². The van der Waals surface area contributed by atoms with E-state index in [2.05, 4.69) is 5.32 Å². The Morgan fingerprint density at radius 3 is 2.89 bits per heavy atom. The largest absolute Gasteiger partial charge is 0.344 e. The molecule has 1 fully saturated rings. The summed E-state index contributed by atoms with van der Waals surface area (Å²) in [6, 6.07) is 4.98. The second kappa shape index (κ2) is 4.35. The Morgan fingerprint density at radius 2 is 2.17 bits per heavy atom. The van der Waals surface area contributed by atoms with Crippen molar-refractivity contribution in [3.05, 3.63) is 35.1 Å². The highest BCUT2D eigenvalue weighted by atomic mass is 19.1. The first-order chi connectivity index (χ1) is 8.65. The first-order valence-electron chi connectivity index (χ1n) is 6.44. The van der Waals surface area contributed by atoms with E-state index in [1.54, 1.807) is 11.0 Å². The minimum Gasteiger partial charge on any atom is -0.344 e. The fourth-order valence-corrected chi connectivity index (χ4v) is 2.97. The molecule has 2 atom stereocenters. The number of nitrogens with one attached hydrogen (secondary N) is 1. The first kappa shape index (κ1) is 11.7. The molecule has 18 heavy (non-hydrogen) atoms.